The summed E-state index contributed by atoms with van der Waals surface area (Å²) < 4.78 is 5.34. The van der Waals surface area contributed by atoms with Crippen molar-refractivity contribution in [1.29, 1.82) is 0 Å². The summed E-state index contributed by atoms with van der Waals surface area (Å²) in [4.78, 5) is 31.6. The standard InChI is InChI=1S/C21H23N3O3/c1-14(15-8-4-6-11-18(15)27-2)22-20(25)13-7-12-19-23-17-10-5-3-9-16(17)21(26)24-19/h3-6,8-11,14H,7,12-13H2,1-2H3,(H,22,25)(H,23,24,26)/t14-/m0/s1. The molecule has 0 aliphatic rings. The van der Waals surface area contributed by atoms with E-state index in [2.05, 4.69) is 15.3 Å². The normalized spacial score (nSPS) is 11.9. The molecule has 0 fully saturated rings. The van der Waals surface area contributed by atoms with Crippen LogP contribution in [0.1, 0.15) is 37.2 Å². The highest BCUT2D eigenvalue weighted by Crippen LogP contribution is 2.24. The number of H-pyrrole nitrogens is 1. The maximum atomic E-state index is 12.3. The third kappa shape index (κ3) is 4.53. The minimum absolute atomic E-state index is 0.0449. The van der Waals surface area contributed by atoms with Gasteiger partial charge in [0, 0.05) is 18.4 Å². The van der Waals surface area contributed by atoms with Crippen LogP contribution in [-0.4, -0.2) is 23.0 Å². The van der Waals surface area contributed by atoms with Crippen molar-refractivity contribution in [3.63, 3.8) is 0 Å². The second kappa shape index (κ2) is 8.49. The molecule has 1 amide bonds. The first-order chi connectivity index (χ1) is 13.1. The van der Waals surface area contributed by atoms with Crippen molar-refractivity contribution in [3.05, 3.63) is 70.3 Å². The van der Waals surface area contributed by atoms with Gasteiger partial charge in [0.1, 0.15) is 11.6 Å². The number of carbonyl (C=O) groups is 1. The minimum Gasteiger partial charge on any atom is -0.496 e. The fourth-order valence-corrected chi connectivity index (χ4v) is 3.09. The maximum Gasteiger partial charge on any atom is 0.258 e. The van der Waals surface area contributed by atoms with Crippen LogP contribution in [0.4, 0.5) is 0 Å². The molecule has 1 aromatic heterocycles. The molecule has 0 saturated heterocycles. The molecule has 0 spiro atoms. The number of carbonyl (C=O) groups excluding carboxylic acids is 1. The Kier molecular flexibility index (Phi) is 5.86. The number of benzene rings is 2. The van der Waals surface area contributed by atoms with Crippen molar-refractivity contribution in [2.45, 2.75) is 32.2 Å². The molecule has 0 unspecified atom stereocenters. The molecule has 3 aromatic rings. The van der Waals surface area contributed by atoms with Gasteiger partial charge in [-0.2, -0.15) is 0 Å². The van der Waals surface area contributed by atoms with Crippen LogP contribution in [0.3, 0.4) is 0 Å². The highest BCUT2D eigenvalue weighted by atomic mass is 16.5. The monoisotopic (exact) mass is 365 g/mol. The van der Waals surface area contributed by atoms with E-state index in [1.807, 2.05) is 49.4 Å². The van der Waals surface area contributed by atoms with Gasteiger partial charge in [-0.05, 0) is 31.5 Å². The highest BCUT2D eigenvalue weighted by molar-refractivity contribution is 5.77. The van der Waals surface area contributed by atoms with Crippen molar-refractivity contribution in [3.8, 4) is 5.75 Å². The molecular weight excluding hydrogens is 342 g/mol. The van der Waals surface area contributed by atoms with E-state index < -0.39 is 0 Å². The SMILES string of the molecule is COc1ccccc1[C@H](C)NC(=O)CCCc1nc2ccccc2c(=O)[nH]1. The Balaban J connectivity index is 1.56. The van der Waals surface area contributed by atoms with Crippen molar-refractivity contribution in [2.75, 3.05) is 7.11 Å². The molecule has 1 heterocycles. The van der Waals surface area contributed by atoms with Crippen LogP contribution in [-0.2, 0) is 11.2 Å². The molecule has 0 bridgehead atoms. The van der Waals surface area contributed by atoms with Gasteiger partial charge in [-0.1, -0.05) is 30.3 Å². The fourth-order valence-electron chi connectivity index (χ4n) is 3.09. The van der Waals surface area contributed by atoms with Gasteiger partial charge in [0.15, 0.2) is 0 Å². The summed E-state index contributed by atoms with van der Waals surface area (Å²) in [5.74, 6) is 1.31. The number of ether oxygens (including phenoxy) is 1. The summed E-state index contributed by atoms with van der Waals surface area (Å²) in [5.41, 5.74) is 1.46. The molecule has 0 aliphatic carbocycles. The summed E-state index contributed by atoms with van der Waals surface area (Å²) in [6.45, 7) is 1.93. The number of nitrogens with zero attached hydrogens (tertiary/aromatic N) is 1. The van der Waals surface area contributed by atoms with Gasteiger partial charge >= 0.3 is 0 Å². The Labute approximate surface area is 157 Å². The number of rotatable bonds is 7. The third-order valence-corrected chi connectivity index (χ3v) is 4.46. The summed E-state index contributed by atoms with van der Waals surface area (Å²) in [6, 6.07) is 14.7. The second-order valence-electron chi connectivity index (χ2n) is 6.41. The lowest BCUT2D eigenvalue weighted by atomic mass is 10.1. The van der Waals surface area contributed by atoms with Crippen LogP contribution >= 0.6 is 0 Å². The van der Waals surface area contributed by atoms with Crippen molar-refractivity contribution >= 4 is 16.8 Å². The minimum atomic E-state index is -0.148. The number of fused-ring (bicyclic) bond motifs is 1. The number of nitrogens with one attached hydrogen (secondary N) is 2. The van der Waals surface area contributed by atoms with E-state index in [1.54, 1.807) is 13.2 Å². The van der Waals surface area contributed by atoms with E-state index in [9.17, 15) is 9.59 Å². The van der Waals surface area contributed by atoms with E-state index in [4.69, 9.17) is 4.74 Å². The number of hydrogen-bond donors (Lipinski definition) is 2. The number of aromatic amines is 1. The van der Waals surface area contributed by atoms with Crippen molar-refractivity contribution in [2.24, 2.45) is 0 Å². The van der Waals surface area contributed by atoms with Crippen LogP contribution in [0, 0.1) is 0 Å². The van der Waals surface area contributed by atoms with Gasteiger partial charge < -0.3 is 15.0 Å². The van der Waals surface area contributed by atoms with Gasteiger partial charge in [-0.25, -0.2) is 4.98 Å². The molecule has 6 heteroatoms. The zero-order chi connectivity index (χ0) is 19.2. The van der Waals surface area contributed by atoms with Crippen LogP contribution in [0.25, 0.3) is 10.9 Å². The number of aryl methyl sites for hydroxylation is 1. The quantitative estimate of drug-likeness (QED) is 0.674. The topological polar surface area (TPSA) is 84.1 Å². The third-order valence-electron chi connectivity index (χ3n) is 4.46. The molecule has 0 radical (unpaired) electrons. The average Bonchev–Trinajstić information content (AvgIpc) is 2.68. The lowest BCUT2D eigenvalue weighted by Crippen LogP contribution is -2.26. The van der Waals surface area contributed by atoms with Crippen molar-refractivity contribution < 1.29 is 9.53 Å². The molecule has 6 nitrogen and oxygen atoms in total. The van der Waals surface area contributed by atoms with Gasteiger partial charge in [0.25, 0.3) is 5.56 Å². The highest BCUT2D eigenvalue weighted by Gasteiger charge is 2.13. The zero-order valence-electron chi connectivity index (χ0n) is 15.5. The number of hydrogen-bond acceptors (Lipinski definition) is 4. The largest absolute Gasteiger partial charge is 0.496 e. The Hall–Kier alpha value is -3.15. The molecule has 0 aliphatic heterocycles. The molecule has 0 saturated carbocycles. The summed E-state index contributed by atoms with van der Waals surface area (Å²) in [6.07, 6.45) is 1.50. The zero-order valence-corrected chi connectivity index (χ0v) is 15.5. The Morgan fingerprint density at radius 2 is 1.93 bits per heavy atom. The van der Waals surface area contributed by atoms with E-state index in [0.717, 1.165) is 11.3 Å². The smallest absolute Gasteiger partial charge is 0.258 e. The first-order valence-electron chi connectivity index (χ1n) is 8.98. The fraction of sp³-hybridized carbons (Fsp3) is 0.286. The second-order valence-corrected chi connectivity index (χ2v) is 6.41. The Morgan fingerprint density at radius 3 is 2.74 bits per heavy atom. The predicted molar refractivity (Wildman–Crippen MR) is 105 cm³/mol. The van der Waals surface area contributed by atoms with Gasteiger partial charge in [-0.3, -0.25) is 9.59 Å². The van der Waals surface area contributed by atoms with E-state index in [-0.39, 0.29) is 17.5 Å². The molecule has 3 rings (SSSR count). The van der Waals surface area contributed by atoms with Crippen LogP contribution in [0.15, 0.2) is 53.3 Å². The van der Waals surface area contributed by atoms with Gasteiger partial charge in [-0.15, -0.1) is 0 Å². The average molecular weight is 365 g/mol. The molecule has 1 atom stereocenters. The lowest BCUT2D eigenvalue weighted by Gasteiger charge is -2.17. The van der Waals surface area contributed by atoms with Crippen molar-refractivity contribution in [1.82, 2.24) is 15.3 Å². The summed E-state index contributed by atoms with van der Waals surface area (Å²) in [7, 11) is 1.62. The van der Waals surface area contributed by atoms with E-state index >= 15 is 0 Å². The first kappa shape index (κ1) is 18.6. The lowest BCUT2D eigenvalue weighted by molar-refractivity contribution is -0.121. The van der Waals surface area contributed by atoms with Gasteiger partial charge in [0.2, 0.25) is 5.91 Å². The molecule has 2 aromatic carbocycles. The Bertz CT molecular complexity index is 997. The number of aromatic nitrogens is 2. The number of para-hydroxylation sites is 2. The first-order valence-corrected chi connectivity index (χ1v) is 8.98. The molecule has 140 valence electrons. The summed E-state index contributed by atoms with van der Waals surface area (Å²) in [5, 5.41) is 3.56. The maximum absolute atomic E-state index is 12.3. The van der Waals surface area contributed by atoms with Gasteiger partial charge in [0.05, 0.1) is 24.1 Å². The molecule has 2 N–H and O–H groups in total. The van der Waals surface area contributed by atoms with E-state index in [0.29, 0.717) is 36.0 Å². The number of methoxy groups -OCH3 is 1. The van der Waals surface area contributed by atoms with E-state index in [1.165, 1.54) is 0 Å². The summed E-state index contributed by atoms with van der Waals surface area (Å²) >= 11 is 0. The van der Waals surface area contributed by atoms with Crippen LogP contribution in [0.2, 0.25) is 0 Å². The molecule has 27 heavy (non-hydrogen) atoms. The van der Waals surface area contributed by atoms with Crippen LogP contribution in [0.5, 0.6) is 5.75 Å². The predicted octanol–water partition coefficient (Wildman–Crippen LogP) is 3.13. The molecular formula is C21H23N3O3. The number of amides is 1. The van der Waals surface area contributed by atoms with Crippen LogP contribution < -0.4 is 15.6 Å². The Morgan fingerprint density at radius 1 is 1.19 bits per heavy atom.